The Morgan fingerprint density at radius 3 is 1.09 bits per heavy atom. The van der Waals surface area contributed by atoms with E-state index in [4.69, 9.17) is 0 Å². The van der Waals surface area contributed by atoms with Gasteiger partial charge < -0.3 is 19.6 Å². The first-order valence-electron chi connectivity index (χ1n) is 12.0. The van der Waals surface area contributed by atoms with Crippen LogP contribution < -0.4 is 9.80 Å². The average Bonchev–Trinajstić information content (AvgIpc) is 2.93. The second-order valence-electron chi connectivity index (χ2n) is 8.81. The molecule has 0 saturated carbocycles. The van der Waals surface area contributed by atoms with Crippen LogP contribution in [-0.4, -0.2) is 74.0 Å². The van der Waals surface area contributed by atoms with E-state index in [9.17, 15) is 9.59 Å². The lowest BCUT2D eigenvalue weighted by Gasteiger charge is -2.36. The maximum absolute atomic E-state index is 13.0. The van der Waals surface area contributed by atoms with E-state index in [1.54, 1.807) is 24.3 Å². The van der Waals surface area contributed by atoms with E-state index in [1.807, 2.05) is 46.2 Å². The van der Waals surface area contributed by atoms with Gasteiger partial charge in [0.05, 0.1) is 0 Å². The third-order valence-electron chi connectivity index (χ3n) is 6.76. The molecular formula is C28H30N4O2. The summed E-state index contributed by atoms with van der Waals surface area (Å²) in [6, 6.07) is 27.8. The molecule has 2 aliphatic rings. The van der Waals surface area contributed by atoms with Gasteiger partial charge in [0, 0.05) is 74.9 Å². The Bertz CT molecular complexity index is 1010. The molecule has 2 heterocycles. The number of nitrogens with zero attached hydrogens (tertiary/aromatic N) is 4. The second-order valence-corrected chi connectivity index (χ2v) is 8.81. The molecule has 0 aliphatic carbocycles. The van der Waals surface area contributed by atoms with E-state index in [0.29, 0.717) is 37.3 Å². The maximum atomic E-state index is 13.0. The molecule has 0 aromatic heterocycles. The van der Waals surface area contributed by atoms with Crippen molar-refractivity contribution in [3.63, 3.8) is 0 Å². The van der Waals surface area contributed by atoms with E-state index >= 15 is 0 Å². The van der Waals surface area contributed by atoms with Gasteiger partial charge in [-0.3, -0.25) is 9.59 Å². The van der Waals surface area contributed by atoms with Crippen LogP contribution in [0.15, 0.2) is 84.9 Å². The molecule has 0 atom stereocenters. The van der Waals surface area contributed by atoms with Crippen LogP contribution in [0.4, 0.5) is 11.4 Å². The zero-order valence-electron chi connectivity index (χ0n) is 19.3. The molecule has 6 nitrogen and oxygen atoms in total. The summed E-state index contributed by atoms with van der Waals surface area (Å²) in [4.78, 5) is 34.4. The SMILES string of the molecule is O=C(c1ccc(C(=O)N2CCN(c3ccccc3)CC2)cc1)N1CCN(c2ccccc2)CC1. The number of anilines is 2. The molecule has 0 N–H and O–H groups in total. The van der Waals surface area contributed by atoms with E-state index in [2.05, 4.69) is 34.1 Å². The number of hydrogen-bond donors (Lipinski definition) is 0. The lowest BCUT2D eigenvalue weighted by Crippen LogP contribution is -2.49. The van der Waals surface area contributed by atoms with Crippen molar-refractivity contribution in [1.29, 1.82) is 0 Å². The fourth-order valence-electron chi connectivity index (χ4n) is 4.73. The molecule has 3 aromatic carbocycles. The van der Waals surface area contributed by atoms with Gasteiger partial charge >= 0.3 is 0 Å². The highest BCUT2D eigenvalue weighted by atomic mass is 16.2. The van der Waals surface area contributed by atoms with Crippen LogP contribution in [0.1, 0.15) is 20.7 Å². The van der Waals surface area contributed by atoms with Crippen LogP contribution in [0.25, 0.3) is 0 Å². The molecule has 0 bridgehead atoms. The van der Waals surface area contributed by atoms with Crippen molar-refractivity contribution in [3.05, 3.63) is 96.1 Å². The molecule has 2 fully saturated rings. The van der Waals surface area contributed by atoms with Gasteiger partial charge in [-0.15, -0.1) is 0 Å². The van der Waals surface area contributed by atoms with Gasteiger partial charge in [0.15, 0.2) is 0 Å². The first kappa shape index (κ1) is 22.0. The largest absolute Gasteiger partial charge is 0.368 e. The van der Waals surface area contributed by atoms with Gasteiger partial charge in [-0.05, 0) is 48.5 Å². The van der Waals surface area contributed by atoms with E-state index in [1.165, 1.54) is 11.4 Å². The minimum Gasteiger partial charge on any atom is -0.368 e. The Morgan fingerprint density at radius 1 is 0.441 bits per heavy atom. The summed E-state index contributed by atoms with van der Waals surface area (Å²) in [7, 11) is 0. The van der Waals surface area contributed by atoms with Crippen LogP contribution in [0.3, 0.4) is 0 Å². The fourth-order valence-corrected chi connectivity index (χ4v) is 4.73. The maximum Gasteiger partial charge on any atom is 0.253 e. The minimum absolute atomic E-state index is 0.0307. The highest BCUT2D eigenvalue weighted by molar-refractivity contribution is 5.98. The highest BCUT2D eigenvalue weighted by Gasteiger charge is 2.24. The van der Waals surface area contributed by atoms with Gasteiger partial charge in [0.2, 0.25) is 0 Å². The van der Waals surface area contributed by atoms with E-state index in [0.717, 1.165) is 26.2 Å². The smallest absolute Gasteiger partial charge is 0.253 e. The van der Waals surface area contributed by atoms with Gasteiger partial charge in [0.25, 0.3) is 11.8 Å². The Balaban J connectivity index is 1.15. The summed E-state index contributed by atoms with van der Waals surface area (Å²) in [5, 5.41) is 0. The zero-order chi connectivity index (χ0) is 23.3. The van der Waals surface area contributed by atoms with Crippen LogP contribution >= 0.6 is 0 Å². The van der Waals surface area contributed by atoms with E-state index < -0.39 is 0 Å². The molecule has 0 radical (unpaired) electrons. The number of amides is 2. The van der Waals surface area contributed by atoms with Crippen molar-refractivity contribution in [3.8, 4) is 0 Å². The molecule has 5 rings (SSSR count). The summed E-state index contributed by atoms with van der Waals surface area (Å²) in [5.74, 6) is 0.0615. The summed E-state index contributed by atoms with van der Waals surface area (Å²) in [6.07, 6.45) is 0. The summed E-state index contributed by atoms with van der Waals surface area (Å²) < 4.78 is 0. The Morgan fingerprint density at radius 2 is 0.765 bits per heavy atom. The number of rotatable bonds is 4. The number of carbonyl (C=O) groups is 2. The Hall–Kier alpha value is -3.80. The molecule has 3 aromatic rings. The third kappa shape index (κ3) is 4.76. The molecule has 0 unspecified atom stereocenters. The van der Waals surface area contributed by atoms with Crippen molar-refractivity contribution in [2.24, 2.45) is 0 Å². The molecule has 2 aliphatic heterocycles. The summed E-state index contributed by atoms with van der Waals surface area (Å²) >= 11 is 0. The lowest BCUT2D eigenvalue weighted by atomic mass is 10.1. The predicted molar refractivity (Wildman–Crippen MR) is 136 cm³/mol. The molecule has 34 heavy (non-hydrogen) atoms. The Kier molecular flexibility index (Phi) is 6.47. The van der Waals surface area contributed by atoms with Crippen LogP contribution in [0.2, 0.25) is 0 Å². The highest BCUT2D eigenvalue weighted by Crippen LogP contribution is 2.19. The third-order valence-corrected chi connectivity index (χ3v) is 6.76. The van der Waals surface area contributed by atoms with Crippen molar-refractivity contribution >= 4 is 23.2 Å². The fraction of sp³-hybridized carbons (Fsp3) is 0.286. The number of para-hydroxylation sites is 2. The van der Waals surface area contributed by atoms with Crippen LogP contribution in [0, 0.1) is 0 Å². The molecular weight excluding hydrogens is 424 g/mol. The topological polar surface area (TPSA) is 47.1 Å². The van der Waals surface area contributed by atoms with Crippen molar-refractivity contribution in [2.45, 2.75) is 0 Å². The number of piperazine rings is 2. The summed E-state index contributed by atoms with van der Waals surface area (Å²) in [5.41, 5.74) is 3.67. The number of benzene rings is 3. The van der Waals surface area contributed by atoms with Crippen molar-refractivity contribution in [1.82, 2.24) is 9.80 Å². The minimum atomic E-state index is 0.0307. The standard InChI is InChI=1S/C28H30N4O2/c33-27(31-19-15-29(16-20-31)25-7-3-1-4-8-25)23-11-13-24(14-12-23)28(34)32-21-17-30(18-22-32)26-9-5-2-6-10-26/h1-14H,15-22H2. The van der Waals surface area contributed by atoms with Gasteiger partial charge in [-0.2, -0.15) is 0 Å². The molecule has 2 saturated heterocycles. The molecule has 0 spiro atoms. The van der Waals surface area contributed by atoms with Gasteiger partial charge in [-0.1, -0.05) is 36.4 Å². The van der Waals surface area contributed by atoms with Crippen molar-refractivity contribution in [2.75, 3.05) is 62.2 Å². The van der Waals surface area contributed by atoms with E-state index in [-0.39, 0.29) is 11.8 Å². The first-order valence-corrected chi connectivity index (χ1v) is 12.0. The zero-order valence-corrected chi connectivity index (χ0v) is 19.3. The average molecular weight is 455 g/mol. The van der Waals surface area contributed by atoms with Crippen molar-refractivity contribution < 1.29 is 9.59 Å². The number of hydrogen-bond acceptors (Lipinski definition) is 4. The monoisotopic (exact) mass is 454 g/mol. The van der Waals surface area contributed by atoms with Gasteiger partial charge in [0.1, 0.15) is 0 Å². The van der Waals surface area contributed by atoms with Crippen LogP contribution in [0.5, 0.6) is 0 Å². The first-order chi connectivity index (χ1) is 16.7. The summed E-state index contributed by atoms with van der Waals surface area (Å²) in [6.45, 7) is 6.06. The lowest BCUT2D eigenvalue weighted by molar-refractivity contribution is 0.0735. The molecule has 2 amide bonds. The Labute approximate surface area is 201 Å². The van der Waals surface area contributed by atoms with Gasteiger partial charge in [-0.25, -0.2) is 0 Å². The molecule has 174 valence electrons. The second kappa shape index (κ2) is 10.00. The number of carbonyl (C=O) groups excluding carboxylic acids is 2. The predicted octanol–water partition coefficient (Wildman–Crippen LogP) is 3.61. The normalized spacial score (nSPS) is 16.5. The van der Waals surface area contributed by atoms with Crippen LogP contribution in [-0.2, 0) is 0 Å². The quantitative estimate of drug-likeness (QED) is 0.604. The molecule has 6 heteroatoms.